The van der Waals surface area contributed by atoms with Crippen LogP contribution in [-0.4, -0.2) is 42.0 Å². The van der Waals surface area contributed by atoms with Crippen molar-refractivity contribution in [3.05, 3.63) is 30.1 Å². The maximum Gasteiger partial charge on any atom is 0.252 e. The van der Waals surface area contributed by atoms with Gasteiger partial charge in [-0.05, 0) is 30.4 Å². The quantitative estimate of drug-likeness (QED) is 0.898. The number of hydrogen-bond donors (Lipinski definition) is 1. The molecule has 0 spiro atoms. The van der Waals surface area contributed by atoms with Crippen LogP contribution in [0.15, 0.2) is 24.5 Å². The van der Waals surface area contributed by atoms with E-state index in [0.717, 1.165) is 31.5 Å². The van der Waals surface area contributed by atoms with Crippen LogP contribution in [0.5, 0.6) is 0 Å². The maximum atomic E-state index is 11.8. The second-order valence-electron chi connectivity index (χ2n) is 5.70. The minimum atomic E-state index is -0.0359. The molecule has 2 heterocycles. The molecule has 1 amide bonds. The number of aromatic nitrogens is 1. The summed E-state index contributed by atoms with van der Waals surface area (Å²) in [5.41, 5.74) is 0.628. The first-order chi connectivity index (χ1) is 9.15. The van der Waals surface area contributed by atoms with Crippen LogP contribution in [0.3, 0.4) is 0 Å². The molecule has 1 aliphatic heterocycles. The van der Waals surface area contributed by atoms with Crippen LogP contribution < -0.4 is 5.32 Å². The second-order valence-corrected chi connectivity index (χ2v) is 5.70. The number of likely N-dealkylation sites (tertiary alicyclic amines) is 1. The smallest absolute Gasteiger partial charge is 0.252 e. The predicted molar refractivity (Wildman–Crippen MR) is 76.0 cm³/mol. The van der Waals surface area contributed by atoms with Gasteiger partial charge in [-0.3, -0.25) is 9.78 Å². The van der Waals surface area contributed by atoms with Gasteiger partial charge in [0.05, 0.1) is 5.56 Å². The van der Waals surface area contributed by atoms with Gasteiger partial charge in [0.15, 0.2) is 0 Å². The predicted octanol–water partition coefficient (Wildman–Crippen LogP) is 1.79. The molecule has 1 aromatic rings. The summed E-state index contributed by atoms with van der Waals surface area (Å²) < 4.78 is 0. The van der Waals surface area contributed by atoms with Gasteiger partial charge >= 0.3 is 0 Å². The van der Waals surface area contributed by atoms with Crippen molar-refractivity contribution in [2.75, 3.05) is 26.2 Å². The zero-order valence-electron chi connectivity index (χ0n) is 11.8. The first kappa shape index (κ1) is 14.0. The molecule has 4 heteroatoms. The third kappa shape index (κ3) is 4.31. The van der Waals surface area contributed by atoms with Crippen LogP contribution in [-0.2, 0) is 0 Å². The third-order valence-electron chi connectivity index (χ3n) is 3.58. The maximum absolute atomic E-state index is 11.8. The van der Waals surface area contributed by atoms with Crippen LogP contribution in [0.2, 0.25) is 0 Å². The van der Waals surface area contributed by atoms with Gasteiger partial charge in [-0.25, -0.2) is 0 Å². The van der Waals surface area contributed by atoms with Gasteiger partial charge in [0.25, 0.3) is 5.91 Å². The number of amides is 1. The monoisotopic (exact) mass is 261 g/mol. The van der Waals surface area contributed by atoms with Crippen molar-refractivity contribution < 1.29 is 4.79 Å². The van der Waals surface area contributed by atoms with Crippen LogP contribution in [0, 0.1) is 11.8 Å². The number of carbonyl (C=O) groups is 1. The van der Waals surface area contributed by atoms with Crippen molar-refractivity contribution in [2.45, 2.75) is 20.3 Å². The molecule has 0 radical (unpaired) electrons. The van der Waals surface area contributed by atoms with E-state index in [2.05, 4.69) is 29.0 Å². The summed E-state index contributed by atoms with van der Waals surface area (Å²) in [5.74, 6) is 1.49. The fraction of sp³-hybridized carbons (Fsp3) is 0.600. The Hall–Kier alpha value is -1.42. The summed E-state index contributed by atoms with van der Waals surface area (Å²) in [6, 6.07) is 3.57. The van der Waals surface area contributed by atoms with Crippen molar-refractivity contribution in [3.63, 3.8) is 0 Å². The normalized spacial score (nSPS) is 24.1. The van der Waals surface area contributed by atoms with Gasteiger partial charge in [0, 0.05) is 38.6 Å². The van der Waals surface area contributed by atoms with Gasteiger partial charge in [-0.1, -0.05) is 13.8 Å². The average Bonchev–Trinajstić information content (AvgIpc) is 2.38. The van der Waals surface area contributed by atoms with Crippen LogP contribution in [0.4, 0.5) is 0 Å². The van der Waals surface area contributed by atoms with E-state index in [-0.39, 0.29) is 5.91 Å². The lowest BCUT2D eigenvalue weighted by Gasteiger charge is -2.34. The molecule has 1 aromatic heterocycles. The Kier molecular flexibility index (Phi) is 4.91. The Labute approximate surface area is 115 Å². The zero-order valence-corrected chi connectivity index (χ0v) is 11.8. The summed E-state index contributed by atoms with van der Waals surface area (Å²) in [5, 5.41) is 2.96. The topological polar surface area (TPSA) is 45.2 Å². The molecular weight excluding hydrogens is 238 g/mol. The van der Waals surface area contributed by atoms with E-state index >= 15 is 0 Å². The molecule has 2 atom stereocenters. The summed E-state index contributed by atoms with van der Waals surface area (Å²) in [6.45, 7) is 8.53. The highest BCUT2D eigenvalue weighted by Crippen LogP contribution is 2.20. The van der Waals surface area contributed by atoms with Crippen molar-refractivity contribution in [3.8, 4) is 0 Å². The summed E-state index contributed by atoms with van der Waals surface area (Å²) in [7, 11) is 0. The number of rotatable bonds is 4. The highest BCUT2D eigenvalue weighted by Gasteiger charge is 2.21. The first-order valence-corrected chi connectivity index (χ1v) is 7.05. The molecule has 104 valence electrons. The van der Waals surface area contributed by atoms with Gasteiger partial charge in [-0.15, -0.1) is 0 Å². The third-order valence-corrected chi connectivity index (χ3v) is 3.58. The number of pyridine rings is 1. The SMILES string of the molecule is CC1CC(C)CN(CCNC(=O)c2cccnc2)C1. The highest BCUT2D eigenvalue weighted by atomic mass is 16.1. The van der Waals surface area contributed by atoms with E-state index < -0.39 is 0 Å². The lowest BCUT2D eigenvalue weighted by atomic mass is 9.92. The van der Waals surface area contributed by atoms with Crippen molar-refractivity contribution in [1.29, 1.82) is 0 Å². The van der Waals surface area contributed by atoms with Crippen molar-refractivity contribution >= 4 is 5.91 Å². The highest BCUT2D eigenvalue weighted by molar-refractivity contribution is 5.93. The van der Waals surface area contributed by atoms with E-state index in [1.165, 1.54) is 6.42 Å². The van der Waals surface area contributed by atoms with Gasteiger partial charge < -0.3 is 10.2 Å². The molecule has 0 aliphatic carbocycles. The van der Waals surface area contributed by atoms with Crippen LogP contribution >= 0.6 is 0 Å². The standard InChI is InChI=1S/C15H23N3O/c1-12-8-13(2)11-18(10-12)7-6-17-15(19)14-4-3-5-16-9-14/h3-5,9,12-13H,6-8,10-11H2,1-2H3,(H,17,19). The second kappa shape index (κ2) is 6.66. The minimum absolute atomic E-state index is 0.0359. The summed E-state index contributed by atoms with van der Waals surface area (Å²) in [4.78, 5) is 18.2. The van der Waals surface area contributed by atoms with Crippen LogP contribution in [0.1, 0.15) is 30.6 Å². The molecule has 2 rings (SSSR count). The number of piperidine rings is 1. The zero-order chi connectivity index (χ0) is 13.7. The molecule has 1 aliphatic rings. The van der Waals surface area contributed by atoms with Gasteiger partial charge in [0.1, 0.15) is 0 Å². The number of hydrogen-bond acceptors (Lipinski definition) is 3. The fourth-order valence-electron chi connectivity index (χ4n) is 2.90. The summed E-state index contributed by atoms with van der Waals surface area (Å²) >= 11 is 0. The Morgan fingerprint density at radius 1 is 1.42 bits per heavy atom. The van der Waals surface area contributed by atoms with E-state index in [1.54, 1.807) is 24.5 Å². The minimum Gasteiger partial charge on any atom is -0.351 e. The average molecular weight is 261 g/mol. The lowest BCUT2D eigenvalue weighted by molar-refractivity contribution is 0.0936. The van der Waals surface area contributed by atoms with E-state index in [9.17, 15) is 4.79 Å². The van der Waals surface area contributed by atoms with Gasteiger partial charge in [0.2, 0.25) is 0 Å². The Bertz CT molecular complexity index is 397. The molecule has 0 saturated carbocycles. The first-order valence-electron chi connectivity index (χ1n) is 7.05. The molecule has 0 bridgehead atoms. The molecule has 1 fully saturated rings. The van der Waals surface area contributed by atoms with E-state index in [0.29, 0.717) is 12.1 Å². The molecule has 0 aromatic carbocycles. The number of carbonyl (C=O) groups excluding carboxylic acids is 1. The molecule has 1 N–H and O–H groups in total. The number of nitrogens with zero attached hydrogens (tertiary/aromatic N) is 2. The number of nitrogens with one attached hydrogen (secondary N) is 1. The van der Waals surface area contributed by atoms with Crippen molar-refractivity contribution in [2.24, 2.45) is 11.8 Å². The lowest BCUT2D eigenvalue weighted by Crippen LogP contribution is -2.42. The fourth-order valence-corrected chi connectivity index (χ4v) is 2.90. The molecule has 19 heavy (non-hydrogen) atoms. The Morgan fingerprint density at radius 2 is 2.16 bits per heavy atom. The Morgan fingerprint density at radius 3 is 2.79 bits per heavy atom. The van der Waals surface area contributed by atoms with Crippen LogP contribution in [0.25, 0.3) is 0 Å². The Balaban J connectivity index is 1.73. The molecule has 2 unspecified atom stereocenters. The molecular formula is C15H23N3O. The largest absolute Gasteiger partial charge is 0.351 e. The van der Waals surface area contributed by atoms with Crippen molar-refractivity contribution in [1.82, 2.24) is 15.2 Å². The summed E-state index contributed by atoms with van der Waals surface area (Å²) in [6.07, 6.45) is 4.59. The van der Waals surface area contributed by atoms with E-state index in [4.69, 9.17) is 0 Å². The van der Waals surface area contributed by atoms with E-state index in [1.807, 2.05) is 0 Å². The van der Waals surface area contributed by atoms with Gasteiger partial charge in [-0.2, -0.15) is 0 Å². The molecule has 4 nitrogen and oxygen atoms in total. The molecule has 1 saturated heterocycles.